The number of carbonyl (C=O) groups excluding carboxylic acids is 2. The number of halogens is 2. The molecule has 0 aromatic heterocycles. The maximum atomic E-state index is 12.2. The summed E-state index contributed by atoms with van der Waals surface area (Å²) in [6.07, 6.45) is -0.926. The summed E-state index contributed by atoms with van der Waals surface area (Å²) in [6.45, 7) is 3.32. The molecular formula is C17H15BrClNO3. The van der Waals surface area contributed by atoms with Crippen molar-refractivity contribution in [1.29, 1.82) is 0 Å². The van der Waals surface area contributed by atoms with E-state index in [9.17, 15) is 9.59 Å². The lowest BCUT2D eigenvalue weighted by molar-refractivity contribution is -0.123. The van der Waals surface area contributed by atoms with Gasteiger partial charge >= 0.3 is 5.97 Å². The van der Waals surface area contributed by atoms with Crippen LogP contribution in [-0.4, -0.2) is 18.0 Å². The molecule has 120 valence electrons. The van der Waals surface area contributed by atoms with E-state index in [2.05, 4.69) is 21.2 Å². The standard InChI is InChI=1S/C17H15BrClNO3/c1-10-14(19)4-3-5-15(10)20-16(21)11(2)23-17(22)12-6-8-13(18)9-7-12/h3-9,11H,1-2H3,(H,20,21)/t11-/m0/s1. The molecule has 2 rings (SSSR count). The lowest BCUT2D eigenvalue weighted by atomic mass is 10.2. The van der Waals surface area contributed by atoms with Crippen LogP contribution in [0.25, 0.3) is 0 Å². The maximum absolute atomic E-state index is 12.2. The molecule has 0 heterocycles. The molecule has 0 bridgehead atoms. The van der Waals surface area contributed by atoms with Crippen molar-refractivity contribution < 1.29 is 14.3 Å². The van der Waals surface area contributed by atoms with Crippen molar-refractivity contribution in [3.63, 3.8) is 0 Å². The number of benzene rings is 2. The van der Waals surface area contributed by atoms with Gasteiger partial charge in [0.2, 0.25) is 0 Å². The van der Waals surface area contributed by atoms with Gasteiger partial charge in [0.05, 0.1) is 5.56 Å². The summed E-state index contributed by atoms with van der Waals surface area (Å²) >= 11 is 9.30. The largest absolute Gasteiger partial charge is 0.449 e. The third-order valence-electron chi connectivity index (χ3n) is 3.26. The molecule has 0 aliphatic carbocycles. The van der Waals surface area contributed by atoms with E-state index in [0.29, 0.717) is 16.3 Å². The highest BCUT2D eigenvalue weighted by Crippen LogP contribution is 2.23. The number of amides is 1. The van der Waals surface area contributed by atoms with Crippen LogP contribution in [-0.2, 0) is 9.53 Å². The number of carbonyl (C=O) groups is 2. The van der Waals surface area contributed by atoms with Crippen molar-refractivity contribution in [2.45, 2.75) is 20.0 Å². The van der Waals surface area contributed by atoms with Gasteiger partial charge in [0.15, 0.2) is 6.10 Å². The predicted molar refractivity (Wildman–Crippen MR) is 93.8 cm³/mol. The van der Waals surface area contributed by atoms with Gasteiger partial charge in [0, 0.05) is 15.2 Å². The summed E-state index contributed by atoms with van der Waals surface area (Å²) in [5.41, 5.74) is 1.73. The molecule has 2 aromatic rings. The summed E-state index contributed by atoms with van der Waals surface area (Å²) in [5, 5.41) is 3.27. The first-order valence-corrected chi connectivity index (χ1v) is 8.08. The smallest absolute Gasteiger partial charge is 0.338 e. The summed E-state index contributed by atoms with van der Waals surface area (Å²) in [4.78, 5) is 24.2. The monoisotopic (exact) mass is 395 g/mol. The molecule has 4 nitrogen and oxygen atoms in total. The summed E-state index contributed by atoms with van der Waals surface area (Å²) in [5.74, 6) is -0.969. The molecule has 0 fully saturated rings. The van der Waals surface area contributed by atoms with Crippen molar-refractivity contribution in [2.24, 2.45) is 0 Å². The van der Waals surface area contributed by atoms with E-state index >= 15 is 0 Å². The molecule has 0 spiro atoms. The highest BCUT2D eigenvalue weighted by Gasteiger charge is 2.19. The zero-order valence-corrected chi connectivity index (χ0v) is 14.9. The number of ether oxygens (including phenoxy) is 1. The summed E-state index contributed by atoms with van der Waals surface area (Å²) < 4.78 is 6.04. The van der Waals surface area contributed by atoms with Crippen LogP contribution in [0.1, 0.15) is 22.8 Å². The lowest BCUT2D eigenvalue weighted by Gasteiger charge is -2.15. The Morgan fingerprint density at radius 2 is 1.83 bits per heavy atom. The van der Waals surface area contributed by atoms with Crippen LogP contribution in [0.15, 0.2) is 46.9 Å². The zero-order chi connectivity index (χ0) is 17.0. The Kier molecular flexibility index (Phi) is 5.80. The highest BCUT2D eigenvalue weighted by atomic mass is 79.9. The molecule has 0 radical (unpaired) electrons. The number of anilines is 1. The zero-order valence-electron chi connectivity index (χ0n) is 12.6. The molecule has 23 heavy (non-hydrogen) atoms. The molecule has 2 aromatic carbocycles. The van der Waals surface area contributed by atoms with E-state index in [4.69, 9.17) is 16.3 Å². The molecule has 0 saturated heterocycles. The quantitative estimate of drug-likeness (QED) is 0.769. The highest BCUT2D eigenvalue weighted by molar-refractivity contribution is 9.10. The van der Waals surface area contributed by atoms with Crippen LogP contribution < -0.4 is 5.32 Å². The first kappa shape index (κ1) is 17.5. The topological polar surface area (TPSA) is 55.4 Å². The minimum atomic E-state index is -0.926. The maximum Gasteiger partial charge on any atom is 0.338 e. The Hall–Kier alpha value is -1.85. The number of nitrogens with one attached hydrogen (secondary N) is 1. The molecule has 0 aliphatic heterocycles. The Morgan fingerprint density at radius 1 is 1.17 bits per heavy atom. The fourth-order valence-corrected chi connectivity index (χ4v) is 2.28. The van der Waals surface area contributed by atoms with Gasteiger partial charge in [0.25, 0.3) is 5.91 Å². The lowest BCUT2D eigenvalue weighted by Crippen LogP contribution is -2.30. The van der Waals surface area contributed by atoms with Crippen LogP contribution in [0, 0.1) is 6.92 Å². The molecule has 6 heteroatoms. The van der Waals surface area contributed by atoms with E-state index in [-0.39, 0.29) is 0 Å². The van der Waals surface area contributed by atoms with E-state index in [1.807, 2.05) is 0 Å². The average molecular weight is 397 g/mol. The summed E-state index contributed by atoms with van der Waals surface area (Å²) in [6, 6.07) is 11.9. The third kappa shape index (κ3) is 4.56. The second kappa shape index (κ2) is 7.62. The minimum Gasteiger partial charge on any atom is -0.449 e. The molecule has 1 N–H and O–H groups in total. The van der Waals surface area contributed by atoms with Gasteiger partial charge in [0.1, 0.15) is 0 Å². The van der Waals surface area contributed by atoms with Crippen LogP contribution in [0.5, 0.6) is 0 Å². The Morgan fingerprint density at radius 3 is 2.48 bits per heavy atom. The predicted octanol–water partition coefficient (Wildman–Crippen LogP) is 4.59. The van der Waals surface area contributed by atoms with Crippen molar-refractivity contribution in [1.82, 2.24) is 0 Å². The third-order valence-corrected chi connectivity index (χ3v) is 4.20. The number of rotatable bonds is 4. The average Bonchev–Trinajstić information content (AvgIpc) is 2.52. The molecular weight excluding hydrogens is 382 g/mol. The van der Waals surface area contributed by atoms with E-state index in [1.54, 1.807) is 49.4 Å². The molecule has 0 saturated carbocycles. The molecule has 1 amide bonds. The van der Waals surface area contributed by atoms with Crippen molar-refractivity contribution in [3.05, 3.63) is 63.1 Å². The molecule has 0 unspecified atom stereocenters. The number of esters is 1. The van der Waals surface area contributed by atoms with Gasteiger partial charge in [-0.25, -0.2) is 4.79 Å². The van der Waals surface area contributed by atoms with Gasteiger partial charge < -0.3 is 10.1 Å². The number of hydrogen-bond acceptors (Lipinski definition) is 3. The summed E-state index contributed by atoms with van der Waals surface area (Å²) in [7, 11) is 0. The van der Waals surface area contributed by atoms with Crippen LogP contribution in [0.3, 0.4) is 0 Å². The van der Waals surface area contributed by atoms with Crippen LogP contribution in [0.4, 0.5) is 5.69 Å². The second-order valence-electron chi connectivity index (χ2n) is 4.96. The van der Waals surface area contributed by atoms with E-state index in [0.717, 1.165) is 10.0 Å². The van der Waals surface area contributed by atoms with Crippen LogP contribution >= 0.6 is 27.5 Å². The number of hydrogen-bond donors (Lipinski definition) is 1. The van der Waals surface area contributed by atoms with Gasteiger partial charge in [-0.3, -0.25) is 4.79 Å². The van der Waals surface area contributed by atoms with Crippen molar-refractivity contribution >= 4 is 45.1 Å². The fraction of sp³-hybridized carbons (Fsp3) is 0.176. The van der Waals surface area contributed by atoms with Crippen molar-refractivity contribution in [2.75, 3.05) is 5.32 Å². The Labute approximate surface area is 147 Å². The first-order valence-electron chi connectivity index (χ1n) is 6.91. The van der Waals surface area contributed by atoms with Gasteiger partial charge in [-0.05, 0) is 55.8 Å². The fourth-order valence-electron chi connectivity index (χ4n) is 1.85. The Balaban J connectivity index is 2.01. The van der Waals surface area contributed by atoms with Gasteiger partial charge in [-0.1, -0.05) is 33.6 Å². The van der Waals surface area contributed by atoms with Gasteiger partial charge in [-0.2, -0.15) is 0 Å². The van der Waals surface area contributed by atoms with Gasteiger partial charge in [-0.15, -0.1) is 0 Å². The molecule has 0 aliphatic rings. The normalized spacial score (nSPS) is 11.7. The van der Waals surface area contributed by atoms with Crippen molar-refractivity contribution in [3.8, 4) is 0 Å². The second-order valence-corrected chi connectivity index (χ2v) is 6.28. The Bertz CT molecular complexity index is 731. The van der Waals surface area contributed by atoms with Crippen LogP contribution in [0.2, 0.25) is 5.02 Å². The van der Waals surface area contributed by atoms with E-state index < -0.39 is 18.0 Å². The first-order chi connectivity index (χ1) is 10.9. The van der Waals surface area contributed by atoms with E-state index in [1.165, 1.54) is 6.92 Å². The SMILES string of the molecule is Cc1c(Cl)cccc1NC(=O)[C@H](C)OC(=O)c1ccc(Br)cc1. The minimum absolute atomic E-state index is 0.381. The molecule has 1 atom stereocenters.